The minimum absolute atomic E-state index is 0.346. The number of thiophene rings is 1. The minimum Gasteiger partial charge on any atom is -0.506 e. The number of aromatic hydroxyl groups is 1. The standard InChI is InChI=1S/C10H9ClOS2/c1-13-10-7(5-11)6-3-2-4-8(12)9(6)14-10/h2-4,12H,5H2,1H3. The molecule has 0 aliphatic rings. The first kappa shape index (κ1) is 10.1. The van der Waals surface area contributed by atoms with Gasteiger partial charge in [-0.3, -0.25) is 0 Å². The number of hydrogen-bond donors (Lipinski definition) is 1. The predicted octanol–water partition coefficient (Wildman–Crippen LogP) is 4.07. The maximum atomic E-state index is 9.66. The lowest BCUT2D eigenvalue weighted by atomic mass is 10.2. The molecule has 4 heteroatoms. The third-order valence-electron chi connectivity index (χ3n) is 2.08. The molecular formula is C10H9ClOS2. The van der Waals surface area contributed by atoms with E-state index in [1.54, 1.807) is 29.2 Å². The van der Waals surface area contributed by atoms with E-state index in [1.807, 2.05) is 18.4 Å². The Hall–Kier alpha value is -0.380. The van der Waals surface area contributed by atoms with Crippen molar-refractivity contribution in [3.63, 3.8) is 0 Å². The summed E-state index contributed by atoms with van der Waals surface area (Å²) in [5, 5.41) is 10.7. The lowest BCUT2D eigenvalue weighted by Gasteiger charge is -1.96. The van der Waals surface area contributed by atoms with Crippen LogP contribution >= 0.6 is 34.7 Å². The third-order valence-corrected chi connectivity index (χ3v) is 4.78. The molecule has 0 radical (unpaired) electrons. The fourth-order valence-electron chi connectivity index (χ4n) is 1.43. The normalized spacial score (nSPS) is 11.0. The van der Waals surface area contributed by atoms with Crippen LogP contribution in [0.5, 0.6) is 5.75 Å². The van der Waals surface area contributed by atoms with Crippen LogP contribution in [-0.4, -0.2) is 11.4 Å². The highest BCUT2D eigenvalue weighted by Crippen LogP contribution is 2.41. The Kier molecular flexibility index (Phi) is 2.91. The van der Waals surface area contributed by atoms with E-state index < -0.39 is 0 Å². The Bertz CT molecular complexity index is 464. The molecule has 0 aliphatic carbocycles. The van der Waals surface area contributed by atoms with Crippen LogP contribution < -0.4 is 0 Å². The number of halogens is 1. The highest BCUT2D eigenvalue weighted by Gasteiger charge is 2.12. The van der Waals surface area contributed by atoms with Gasteiger partial charge in [0.05, 0.1) is 8.91 Å². The highest BCUT2D eigenvalue weighted by atomic mass is 35.5. The van der Waals surface area contributed by atoms with Gasteiger partial charge in [-0.05, 0) is 17.9 Å². The van der Waals surface area contributed by atoms with Gasteiger partial charge in [0.15, 0.2) is 0 Å². The second-order valence-electron chi connectivity index (χ2n) is 2.86. The summed E-state index contributed by atoms with van der Waals surface area (Å²) in [6.45, 7) is 0. The second-order valence-corrected chi connectivity index (χ2v) is 5.22. The molecule has 0 bridgehead atoms. The van der Waals surface area contributed by atoms with Gasteiger partial charge in [-0.15, -0.1) is 34.7 Å². The molecule has 0 aliphatic heterocycles. The topological polar surface area (TPSA) is 20.2 Å². The Morgan fingerprint density at radius 1 is 1.50 bits per heavy atom. The van der Waals surface area contributed by atoms with E-state index in [-0.39, 0.29) is 0 Å². The van der Waals surface area contributed by atoms with Crippen LogP contribution in [0, 0.1) is 0 Å². The molecule has 0 unspecified atom stereocenters. The van der Waals surface area contributed by atoms with E-state index in [1.165, 1.54) is 4.21 Å². The highest BCUT2D eigenvalue weighted by molar-refractivity contribution is 8.00. The molecule has 1 N–H and O–H groups in total. The lowest BCUT2D eigenvalue weighted by molar-refractivity contribution is 0.482. The maximum Gasteiger partial charge on any atom is 0.133 e. The van der Waals surface area contributed by atoms with E-state index in [4.69, 9.17) is 11.6 Å². The maximum absolute atomic E-state index is 9.66. The van der Waals surface area contributed by atoms with Crippen molar-refractivity contribution in [1.29, 1.82) is 0 Å². The van der Waals surface area contributed by atoms with Gasteiger partial charge in [0, 0.05) is 11.3 Å². The fourth-order valence-corrected chi connectivity index (χ4v) is 3.84. The van der Waals surface area contributed by atoms with Gasteiger partial charge in [0.2, 0.25) is 0 Å². The molecular weight excluding hydrogens is 236 g/mol. The van der Waals surface area contributed by atoms with Crippen LogP contribution in [0.2, 0.25) is 0 Å². The van der Waals surface area contributed by atoms with Crippen molar-refractivity contribution in [2.75, 3.05) is 6.26 Å². The smallest absolute Gasteiger partial charge is 0.133 e. The molecule has 0 saturated carbocycles. The second kappa shape index (κ2) is 4.01. The van der Waals surface area contributed by atoms with Crippen molar-refractivity contribution in [2.24, 2.45) is 0 Å². The zero-order chi connectivity index (χ0) is 10.1. The molecule has 1 aromatic heterocycles. The number of rotatable bonds is 2. The average Bonchev–Trinajstić information content (AvgIpc) is 2.57. The number of hydrogen-bond acceptors (Lipinski definition) is 3. The van der Waals surface area contributed by atoms with Crippen molar-refractivity contribution in [3.05, 3.63) is 23.8 Å². The number of thioether (sulfide) groups is 1. The molecule has 0 atom stereocenters. The Morgan fingerprint density at radius 2 is 2.29 bits per heavy atom. The van der Waals surface area contributed by atoms with Crippen molar-refractivity contribution >= 4 is 44.8 Å². The zero-order valence-corrected chi connectivity index (χ0v) is 9.97. The van der Waals surface area contributed by atoms with Crippen LogP contribution in [-0.2, 0) is 5.88 Å². The first-order valence-electron chi connectivity index (χ1n) is 4.11. The molecule has 2 rings (SSSR count). The molecule has 1 aromatic carbocycles. The van der Waals surface area contributed by atoms with E-state index >= 15 is 0 Å². The molecule has 1 heterocycles. The van der Waals surface area contributed by atoms with E-state index in [0.29, 0.717) is 11.6 Å². The first-order valence-corrected chi connectivity index (χ1v) is 6.68. The van der Waals surface area contributed by atoms with Crippen LogP contribution in [0.15, 0.2) is 22.4 Å². The van der Waals surface area contributed by atoms with Crippen molar-refractivity contribution < 1.29 is 5.11 Å². The van der Waals surface area contributed by atoms with Gasteiger partial charge in [0.25, 0.3) is 0 Å². The first-order chi connectivity index (χ1) is 6.77. The summed E-state index contributed by atoms with van der Waals surface area (Å²) >= 11 is 9.18. The quantitative estimate of drug-likeness (QED) is 0.635. The summed E-state index contributed by atoms with van der Waals surface area (Å²) < 4.78 is 2.13. The van der Waals surface area contributed by atoms with Crippen LogP contribution in [0.1, 0.15) is 5.56 Å². The van der Waals surface area contributed by atoms with Crippen LogP contribution in [0.3, 0.4) is 0 Å². The van der Waals surface area contributed by atoms with E-state index in [0.717, 1.165) is 15.6 Å². The summed E-state index contributed by atoms with van der Waals surface area (Å²) in [6.07, 6.45) is 2.03. The van der Waals surface area contributed by atoms with Crippen LogP contribution in [0.25, 0.3) is 10.1 Å². The Balaban J connectivity index is 2.79. The Morgan fingerprint density at radius 3 is 2.93 bits per heavy atom. The molecule has 0 saturated heterocycles. The van der Waals surface area contributed by atoms with Gasteiger partial charge in [-0.1, -0.05) is 12.1 Å². The SMILES string of the molecule is CSc1sc2c(O)cccc2c1CCl. The number of fused-ring (bicyclic) bond motifs is 1. The zero-order valence-electron chi connectivity index (χ0n) is 7.58. The molecule has 0 spiro atoms. The van der Waals surface area contributed by atoms with Crippen molar-refractivity contribution in [3.8, 4) is 5.75 Å². The number of alkyl halides is 1. The van der Waals surface area contributed by atoms with Gasteiger partial charge < -0.3 is 5.11 Å². The summed E-state index contributed by atoms with van der Waals surface area (Å²) in [4.78, 5) is 0. The monoisotopic (exact) mass is 244 g/mol. The van der Waals surface area contributed by atoms with Gasteiger partial charge in [-0.25, -0.2) is 0 Å². The van der Waals surface area contributed by atoms with Gasteiger partial charge in [-0.2, -0.15) is 0 Å². The molecule has 0 amide bonds. The van der Waals surface area contributed by atoms with Gasteiger partial charge in [0.1, 0.15) is 5.75 Å². The van der Waals surface area contributed by atoms with Crippen molar-refractivity contribution in [1.82, 2.24) is 0 Å². The lowest BCUT2D eigenvalue weighted by Crippen LogP contribution is -1.75. The predicted molar refractivity (Wildman–Crippen MR) is 64.8 cm³/mol. The molecule has 74 valence electrons. The Labute approximate surface area is 95.7 Å². The van der Waals surface area contributed by atoms with E-state index in [2.05, 4.69) is 0 Å². The number of phenolic OH excluding ortho intramolecular Hbond substituents is 1. The molecule has 1 nitrogen and oxygen atoms in total. The van der Waals surface area contributed by atoms with E-state index in [9.17, 15) is 5.11 Å². The largest absolute Gasteiger partial charge is 0.506 e. The number of benzene rings is 1. The third kappa shape index (κ3) is 1.49. The summed E-state index contributed by atoms with van der Waals surface area (Å²) in [5.74, 6) is 0.846. The molecule has 14 heavy (non-hydrogen) atoms. The average molecular weight is 245 g/mol. The minimum atomic E-state index is 0.346. The van der Waals surface area contributed by atoms with Crippen LogP contribution in [0.4, 0.5) is 0 Å². The van der Waals surface area contributed by atoms with Crippen molar-refractivity contribution in [2.45, 2.75) is 10.1 Å². The molecule has 2 aromatic rings. The summed E-state index contributed by atoms with van der Waals surface area (Å²) in [7, 11) is 0. The molecule has 0 fully saturated rings. The summed E-state index contributed by atoms with van der Waals surface area (Å²) in [6, 6.07) is 5.56. The number of phenols is 1. The van der Waals surface area contributed by atoms with Gasteiger partial charge >= 0.3 is 0 Å². The fraction of sp³-hybridized carbons (Fsp3) is 0.200. The summed E-state index contributed by atoms with van der Waals surface area (Å²) in [5.41, 5.74) is 1.13.